The lowest BCUT2D eigenvalue weighted by Crippen LogP contribution is -2.35. The van der Waals surface area contributed by atoms with Crippen molar-refractivity contribution in [2.24, 2.45) is 10.7 Å². The van der Waals surface area contributed by atoms with Crippen LogP contribution in [0.2, 0.25) is 0 Å². The van der Waals surface area contributed by atoms with Crippen LogP contribution in [0.25, 0.3) is 0 Å². The lowest BCUT2D eigenvalue weighted by molar-refractivity contribution is 0.0530. The van der Waals surface area contributed by atoms with Gasteiger partial charge in [0.1, 0.15) is 4.88 Å². The summed E-state index contributed by atoms with van der Waals surface area (Å²) in [6, 6.07) is 8.44. The summed E-state index contributed by atoms with van der Waals surface area (Å²) in [6.07, 6.45) is 0. The van der Waals surface area contributed by atoms with E-state index in [1.807, 2.05) is 30.3 Å². The van der Waals surface area contributed by atoms with Gasteiger partial charge in [0.15, 0.2) is 0 Å². The predicted octanol–water partition coefficient (Wildman–Crippen LogP) is 1.89. The highest BCUT2D eigenvalue weighted by Gasteiger charge is 2.18. The van der Waals surface area contributed by atoms with Gasteiger partial charge in [0.25, 0.3) is 0 Å². The van der Waals surface area contributed by atoms with Gasteiger partial charge >= 0.3 is 12.0 Å². The second kappa shape index (κ2) is 6.90. The van der Waals surface area contributed by atoms with Crippen molar-refractivity contribution in [1.29, 1.82) is 0 Å². The Morgan fingerprint density at radius 3 is 2.64 bits per heavy atom. The van der Waals surface area contributed by atoms with E-state index >= 15 is 0 Å². The molecule has 22 heavy (non-hydrogen) atoms. The number of para-hydroxylation sites is 1. The van der Waals surface area contributed by atoms with Crippen molar-refractivity contribution in [3.05, 3.63) is 45.7 Å². The number of carbonyl (C=O) groups excluding carboxylic acids is 2. The molecule has 0 aliphatic carbocycles. The van der Waals surface area contributed by atoms with E-state index in [9.17, 15) is 9.59 Å². The number of urea groups is 1. The molecule has 1 heterocycles. The molecule has 0 unspecified atom stereocenters. The zero-order chi connectivity index (χ0) is 16.1. The van der Waals surface area contributed by atoms with Crippen LogP contribution in [0.3, 0.4) is 0 Å². The van der Waals surface area contributed by atoms with E-state index in [1.165, 1.54) is 4.68 Å². The maximum absolute atomic E-state index is 12.0. The van der Waals surface area contributed by atoms with Crippen LogP contribution in [0, 0.1) is 6.92 Å². The van der Waals surface area contributed by atoms with Crippen LogP contribution < -0.4 is 16.0 Å². The summed E-state index contributed by atoms with van der Waals surface area (Å²) in [5.74, 6) is -0.459. The van der Waals surface area contributed by atoms with Crippen LogP contribution in [0.4, 0.5) is 10.5 Å². The fraction of sp³-hybridized carbons (Fsp3) is 0.214. The molecule has 0 bridgehead atoms. The number of nitrogens with zero attached hydrogens (tertiary/aromatic N) is 2. The maximum Gasteiger partial charge on any atom is 0.350 e. The van der Waals surface area contributed by atoms with Gasteiger partial charge in [-0.1, -0.05) is 29.5 Å². The Morgan fingerprint density at radius 1 is 1.36 bits per heavy atom. The van der Waals surface area contributed by atoms with Gasteiger partial charge < -0.3 is 10.5 Å². The van der Waals surface area contributed by atoms with Crippen LogP contribution >= 0.6 is 11.3 Å². The van der Waals surface area contributed by atoms with Gasteiger partial charge in [-0.25, -0.2) is 24.7 Å². The number of primary amides is 1. The minimum atomic E-state index is -0.745. The average Bonchev–Trinajstić information content (AvgIpc) is 2.77. The first-order valence-corrected chi connectivity index (χ1v) is 7.40. The molecule has 2 amide bonds. The summed E-state index contributed by atoms with van der Waals surface area (Å²) < 4.78 is 6.39. The van der Waals surface area contributed by atoms with E-state index in [1.54, 1.807) is 13.8 Å². The Hall–Kier alpha value is -2.61. The Bertz CT molecular complexity index is 749. The fourth-order valence-electron chi connectivity index (χ4n) is 1.77. The van der Waals surface area contributed by atoms with Crippen LogP contribution in [-0.4, -0.2) is 23.3 Å². The van der Waals surface area contributed by atoms with Crippen molar-refractivity contribution in [3.63, 3.8) is 0 Å². The number of hydrogen-bond acceptors (Lipinski definition) is 5. The molecular formula is C14H16N4O3S. The zero-order valence-corrected chi connectivity index (χ0v) is 13.0. The first-order chi connectivity index (χ1) is 10.5. The zero-order valence-electron chi connectivity index (χ0n) is 12.2. The van der Waals surface area contributed by atoms with Gasteiger partial charge in [0.2, 0.25) is 4.80 Å². The molecule has 2 aromatic rings. The van der Waals surface area contributed by atoms with E-state index in [2.05, 4.69) is 10.4 Å². The monoisotopic (exact) mass is 320 g/mol. The molecule has 0 fully saturated rings. The molecule has 1 aromatic heterocycles. The van der Waals surface area contributed by atoms with Crippen molar-refractivity contribution in [1.82, 2.24) is 4.68 Å². The minimum absolute atomic E-state index is 0.268. The molecule has 0 saturated carbocycles. The molecule has 2 rings (SSSR count). The smallest absolute Gasteiger partial charge is 0.350 e. The lowest BCUT2D eigenvalue weighted by atomic mass is 10.3. The van der Waals surface area contributed by atoms with E-state index in [4.69, 9.17) is 10.5 Å². The SMILES string of the molecule is CCOC(=O)c1sc(=Nc2ccccc2)n(NC(N)=O)c1C. The van der Waals surface area contributed by atoms with E-state index in [0.29, 0.717) is 21.1 Å². The van der Waals surface area contributed by atoms with E-state index in [-0.39, 0.29) is 6.61 Å². The normalized spacial score (nSPS) is 11.3. The third kappa shape index (κ3) is 3.53. The number of rotatable bonds is 4. The van der Waals surface area contributed by atoms with E-state index < -0.39 is 12.0 Å². The fourth-order valence-corrected chi connectivity index (χ4v) is 2.76. The largest absolute Gasteiger partial charge is 0.462 e. The third-order valence-electron chi connectivity index (χ3n) is 2.71. The number of aromatic nitrogens is 1. The molecule has 3 N–H and O–H groups in total. The van der Waals surface area contributed by atoms with Crippen molar-refractivity contribution in [2.45, 2.75) is 13.8 Å². The van der Waals surface area contributed by atoms with Crippen LogP contribution in [-0.2, 0) is 4.74 Å². The van der Waals surface area contributed by atoms with Crippen LogP contribution in [0.15, 0.2) is 35.3 Å². The molecule has 7 nitrogen and oxygen atoms in total. The number of benzene rings is 1. The highest BCUT2D eigenvalue weighted by molar-refractivity contribution is 7.11. The number of nitrogens with one attached hydrogen (secondary N) is 1. The van der Waals surface area contributed by atoms with Crippen molar-refractivity contribution in [2.75, 3.05) is 12.0 Å². The standard InChI is InChI=1S/C14H16N4O3S/c1-3-21-12(19)11-9(2)18(17-13(15)20)14(22-11)16-10-7-5-4-6-8-10/h4-8H,3H2,1-2H3,(H3,15,17,20). The third-order valence-corrected chi connectivity index (χ3v) is 3.84. The molecular weight excluding hydrogens is 304 g/mol. The van der Waals surface area contributed by atoms with Crippen molar-refractivity contribution < 1.29 is 14.3 Å². The second-order valence-corrected chi connectivity index (χ2v) is 5.26. The first-order valence-electron chi connectivity index (χ1n) is 6.58. The number of thiazole rings is 1. The summed E-state index contributed by atoms with van der Waals surface area (Å²) in [4.78, 5) is 28.3. The summed E-state index contributed by atoms with van der Waals surface area (Å²) in [6.45, 7) is 3.68. The highest BCUT2D eigenvalue weighted by atomic mass is 32.1. The molecule has 0 saturated heterocycles. The van der Waals surface area contributed by atoms with Crippen LogP contribution in [0.5, 0.6) is 0 Å². The van der Waals surface area contributed by atoms with Gasteiger partial charge in [-0.15, -0.1) is 0 Å². The Labute approximate surface area is 131 Å². The summed E-state index contributed by atoms with van der Waals surface area (Å²) in [5.41, 5.74) is 8.82. The van der Waals surface area contributed by atoms with Crippen LogP contribution in [0.1, 0.15) is 22.3 Å². The highest BCUT2D eigenvalue weighted by Crippen LogP contribution is 2.15. The molecule has 0 aliphatic rings. The summed E-state index contributed by atoms with van der Waals surface area (Å²) in [5, 5.41) is 0. The molecule has 0 aliphatic heterocycles. The van der Waals surface area contributed by atoms with Gasteiger partial charge in [-0.2, -0.15) is 0 Å². The van der Waals surface area contributed by atoms with Crippen molar-refractivity contribution in [3.8, 4) is 0 Å². The number of amides is 2. The summed E-state index contributed by atoms with van der Waals surface area (Å²) >= 11 is 1.12. The van der Waals surface area contributed by atoms with Gasteiger partial charge in [0.05, 0.1) is 18.0 Å². The number of nitrogens with two attached hydrogens (primary N) is 1. The van der Waals surface area contributed by atoms with E-state index in [0.717, 1.165) is 11.3 Å². The van der Waals surface area contributed by atoms with Crippen molar-refractivity contribution >= 4 is 29.0 Å². The maximum atomic E-state index is 12.0. The lowest BCUT2D eigenvalue weighted by Gasteiger charge is -2.06. The quantitative estimate of drug-likeness (QED) is 0.841. The number of esters is 1. The van der Waals surface area contributed by atoms with Gasteiger partial charge in [0, 0.05) is 0 Å². The average molecular weight is 320 g/mol. The molecule has 0 spiro atoms. The molecule has 8 heteroatoms. The van der Waals surface area contributed by atoms with Gasteiger partial charge in [-0.05, 0) is 26.0 Å². The minimum Gasteiger partial charge on any atom is -0.462 e. The Kier molecular flexibility index (Phi) is 4.95. The second-order valence-electron chi connectivity index (χ2n) is 4.28. The first kappa shape index (κ1) is 15.8. The number of carbonyl (C=O) groups is 2. The topological polar surface area (TPSA) is 98.7 Å². The Balaban J connectivity index is 2.56. The number of hydrogen-bond donors (Lipinski definition) is 2. The molecule has 0 atom stereocenters. The Morgan fingerprint density at radius 2 is 2.05 bits per heavy atom. The molecule has 116 valence electrons. The summed E-state index contributed by atoms with van der Waals surface area (Å²) in [7, 11) is 0. The van der Waals surface area contributed by atoms with Gasteiger partial charge in [-0.3, -0.25) is 0 Å². The molecule has 0 radical (unpaired) electrons. The predicted molar refractivity (Wildman–Crippen MR) is 83.6 cm³/mol. The number of ether oxygens (including phenoxy) is 1. The molecule has 1 aromatic carbocycles.